The number of aromatic nitrogens is 2. The van der Waals surface area contributed by atoms with Crippen LogP contribution in [0.4, 0.5) is 5.82 Å². The van der Waals surface area contributed by atoms with Crippen molar-refractivity contribution in [2.45, 2.75) is 12.5 Å². The van der Waals surface area contributed by atoms with Crippen molar-refractivity contribution in [1.29, 1.82) is 5.26 Å². The van der Waals surface area contributed by atoms with E-state index in [1.54, 1.807) is 7.11 Å². The summed E-state index contributed by atoms with van der Waals surface area (Å²) in [4.78, 5) is 27.4. The van der Waals surface area contributed by atoms with E-state index in [2.05, 4.69) is 45.6 Å². The van der Waals surface area contributed by atoms with Crippen molar-refractivity contribution in [2.24, 2.45) is 0 Å². The maximum absolute atomic E-state index is 13.3. The molecule has 1 saturated heterocycles. The number of benzene rings is 3. The molecule has 1 aliphatic heterocycles. The number of carbonyl (C=O) groups excluding carboxylic acids is 1. The molecule has 3 aromatic carbocycles. The number of piperazine rings is 1. The predicted molar refractivity (Wildman–Crippen MR) is 152 cm³/mol. The van der Waals surface area contributed by atoms with Gasteiger partial charge in [0.25, 0.3) is 0 Å². The average molecular weight is 519 g/mol. The van der Waals surface area contributed by atoms with Crippen molar-refractivity contribution in [2.75, 3.05) is 38.2 Å². The Bertz CT molecular complexity index is 1510. The minimum absolute atomic E-state index is 0.240. The van der Waals surface area contributed by atoms with Gasteiger partial charge >= 0.3 is 0 Å². The van der Waals surface area contributed by atoms with E-state index in [0.29, 0.717) is 35.9 Å². The zero-order valence-electron chi connectivity index (χ0n) is 21.8. The van der Waals surface area contributed by atoms with Gasteiger partial charge in [0.2, 0.25) is 5.91 Å². The molecule has 0 spiro atoms. The van der Waals surface area contributed by atoms with Crippen LogP contribution in [0.3, 0.4) is 0 Å². The Labute approximate surface area is 228 Å². The Balaban J connectivity index is 1.37. The van der Waals surface area contributed by atoms with Gasteiger partial charge in [-0.1, -0.05) is 60.7 Å². The maximum Gasteiger partial charge on any atom is 0.243 e. The number of carbonyl (C=O) groups is 1. The first-order valence-electron chi connectivity index (χ1n) is 12.9. The highest BCUT2D eigenvalue weighted by molar-refractivity contribution is 5.89. The summed E-state index contributed by atoms with van der Waals surface area (Å²) in [5.41, 5.74) is 3.74. The van der Waals surface area contributed by atoms with Gasteiger partial charge in [0.15, 0.2) is 11.7 Å². The Kier molecular flexibility index (Phi) is 7.98. The minimum atomic E-state index is -1.11. The molecular weight excluding hydrogens is 488 g/mol. The van der Waals surface area contributed by atoms with Crippen molar-refractivity contribution < 1.29 is 9.53 Å². The van der Waals surface area contributed by atoms with Crippen LogP contribution in [0, 0.1) is 11.3 Å². The van der Waals surface area contributed by atoms with Gasteiger partial charge in [-0.25, -0.2) is 9.97 Å². The highest BCUT2D eigenvalue weighted by Gasteiger charge is 2.30. The predicted octanol–water partition coefficient (Wildman–Crippen LogP) is 4.35. The topological polar surface area (TPSA) is 94.4 Å². The number of nitriles is 1. The van der Waals surface area contributed by atoms with Crippen LogP contribution in [0.25, 0.3) is 17.1 Å². The van der Waals surface area contributed by atoms with Crippen LogP contribution >= 0.6 is 0 Å². The first kappa shape index (κ1) is 25.7. The van der Waals surface area contributed by atoms with E-state index in [-0.39, 0.29) is 6.54 Å². The number of anilines is 1. The number of para-hydroxylation sites is 3. The number of hydrogen-bond donors (Lipinski definition) is 1. The molecule has 5 rings (SSSR count). The molecule has 4 aromatic rings. The summed E-state index contributed by atoms with van der Waals surface area (Å²) in [6, 6.07) is 27.4. The maximum atomic E-state index is 13.3. The molecule has 0 unspecified atom stereocenters. The molecule has 39 heavy (non-hydrogen) atoms. The van der Waals surface area contributed by atoms with Gasteiger partial charge in [-0.3, -0.25) is 4.79 Å². The van der Waals surface area contributed by atoms with E-state index in [9.17, 15) is 10.1 Å². The largest absolute Gasteiger partial charge is 0.496 e. The lowest BCUT2D eigenvalue weighted by atomic mass is 10.0. The second kappa shape index (κ2) is 12.1. The molecule has 1 N–H and O–H groups in total. The number of nitrogens with zero attached hydrogens (tertiary/aromatic N) is 5. The molecule has 8 nitrogen and oxygen atoms in total. The van der Waals surface area contributed by atoms with E-state index in [0.717, 1.165) is 29.7 Å². The lowest BCUT2D eigenvalue weighted by molar-refractivity contribution is -0.121. The molecule has 1 fully saturated rings. The van der Waals surface area contributed by atoms with E-state index < -0.39 is 11.8 Å². The smallest absolute Gasteiger partial charge is 0.243 e. The molecule has 0 aliphatic carbocycles. The number of methoxy groups -OCH3 is 1. The third-order valence-corrected chi connectivity index (χ3v) is 6.78. The third kappa shape index (κ3) is 5.99. The fourth-order valence-electron chi connectivity index (χ4n) is 4.65. The molecule has 1 atom stereocenters. The molecule has 1 aromatic heterocycles. The number of amides is 1. The Morgan fingerprint density at radius 1 is 0.974 bits per heavy atom. The van der Waals surface area contributed by atoms with Crippen LogP contribution in [0.1, 0.15) is 22.7 Å². The standard InChI is InChI=1S/C31H30N6O2/c1-39-28-14-8-5-11-24(28)22-33-31(38)25(21-32)29-30(35-27-13-7-6-12-26(27)34-29)37-19-17-36(18-20-37)16-15-23-9-3-2-4-10-23/h2-16,25H,17-20,22H2,1H3,(H,33,38)/b16-15+/t25-/m1/s1. The van der Waals surface area contributed by atoms with Crippen LogP contribution in [-0.4, -0.2) is 54.1 Å². The van der Waals surface area contributed by atoms with Gasteiger partial charge in [-0.05, 0) is 36.0 Å². The van der Waals surface area contributed by atoms with Gasteiger partial charge in [0.05, 0.1) is 24.2 Å². The summed E-state index contributed by atoms with van der Waals surface area (Å²) < 4.78 is 5.39. The van der Waals surface area contributed by atoms with Crippen molar-refractivity contribution in [3.8, 4) is 11.8 Å². The van der Waals surface area contributed by atoms with Crippen molar-refractivity contribution in [3.63, 3.8) is 0 Å². The van der Waals surface area contributed by atoms with Crippen molar-refractivity contribution >= 4 is 28.8 Å². The highest BCUT2D eigenvalue weighted by Crippen LogP contribution is 2.28. The van der Waals surface area contributed by atoms with Crippen LogP contribution in [-0.2, 0) is 11.3 Å². The third-order valence-electron chi connectivity index (χ3n) is 6.78. The Hall–Kier alpha value is -4.90. The monoisotopic (exact) mass is 518 g/mol. The number of rotatable bonds is 8. The van der Waals surface area contributed by atoms with Crippen LogP contribution in [0.5, 0.6) is 5.75 Å². The number of nitrogens with one attached hydrogen (secondary N) is 1. The zero-order chi connectivity index (χ0) is 27.0. The van der Waals surface area contributed by atoms with Gasteiger partial charge in [0.1, 0.15) is 11.4 Å². The first-order chi connectivity index (χ1) is 19.2. The molecule has 196 valence electrons. The molecule has 2 heterocycles. The fraction of sp³-hybridized carbons (Fsp3) is 0.226. The van der Waals surface area contributed by atoms with Gasteiger partial charge in [0, 0.05) is 38.3 Å². The molecule has 0 saturated carbocycles. The molecule has 0 radical (unpaired) electrons. The fourth-order valence-corrected chi connectivity index (χ4v) is 4.65. The number of fused-ring (bicyclic) bond motifs is 1. The molecular formula is C31H30N6O2. The number of ether oxygens (including phenoxy) is 1. The zero-order valence-corrected chi connectivity index (χ0v) is 21.8. The van der Waals surface area contributed by atoms with E-state index in [1.165, 1.54) is 0 Å². The van der Waals surface area contributed by atoms with Crippen molar-refractivity contribution in [3.05, 3.63) is 102 Å². The second-order valence-electron chi connectivity index (χ2n) is 9.26. The summed E-state index contributed by atoms with van der Waals surface area (Å²) in [5, 5.41) is 13.0. The lowest BCUT2D eigenvalue weighted by Gasteiger charge is -2.35. The summed E-state index contributed by atoms with van der Waals surface area (Å²) in [5.74, 6) is -0.266. The quantitative estimate of drug-likeness (QED) is 0.371. The summed E-state index contributed by atoms with van der Waals surface area (Å²) in [6.45, 7) is 3.20. The van der Waals surface area contributed by atoms with E-state index in [1.807, 2.05) is 66.7 Å². The van der Waals surface area contributed by atoms with Gasteiger partial charge in [-0.2, -0.15) is 5.26 Å². The van der Waals surface area contributed by atoms with Crippen molar-refractivity contribution in [1.82, 2.24) is 20.2 Å². The average Bonchev–Trinajstić information content (AvgIpc) is 3.00. The molecule has 8 heteroatoms. The number of hydrogen-bond acceptors (Lipinski definition) is 7. The van der Waals surface area contributed by atoms with Gasteiger partial charge < -0.3 is 19.9 Å². The summed E-state index contributed by atoms with van der Waals surface area (Å²) in [6.07, 6.45) is 4.22. The summed E-state index contributed by atoms with van der Waals surface area (Å²) in [7, 11) is 1.59. The SMILES string of the molecule is COc1ccccc1CNC(=O)[C@H](C#N)c1nc2ccccc2nc1N1CCN(/C=C/c2ccccc2)CC1. The first-order valence-corrected chi connectivity index (χ1v) is 12.9. The minimum Gasteiger partial charge on any atom is -0.496 e. The molecule has 1 amide bonds. The van der Waals surface area contributed by atoms with Crippen LogP contribution < -0.4 is 15.0 Å². The summed E-state index contributed by atoms with van der Waals surface area (Å²) >= 11 is 0. The van der Waals surface area contributed by atoms with Crippen LogP contribution in [0.15, 0.2) is 85.1 Å². The second-order valence-corrected chi connectivity index (χ2v) is 9.26. The molecule has 1 aliphatic rings. The van der Waals surface area contributed by atoms with E-state index in [4.69, 9.17) is 14.7 Å². The normalized spacial score (nSPS) is 14.3. The van der Waals surface area contributed by atoms with Crippen LogP contribution in [0.2, 0.25) is 0 Å². The lowest BCUT2D eigenvalue weighted by Crippen LogP contribution is -2.45. The van der Waals surface area contributed by atoms with Gasteiger partial charge in [-0.15, -0.1) is 0 Å². The Morgan fingerprint density at radius 3 is 2.36 bits per heavy atom. The molecule has 0 bridgehead atoms. The Morgan fingerprint density at radius 2 is 1.64 bits per heavy atom. The van der Waals surface area contributed by atoms with E-state index >= 15 is 0 Å². The highest BCUT2D eigenvalue weighted by atomic mass is 16.5.